The number of nitrogens with zero attached hydrogens (tertiary/aromatic N) is 4. The summed E-state index contributed by atoms with van der Waals surface area (Å²) in [5, 5.41) is 7.25. The Morgan fingerprint density at radius 1 is 1.46 bits per heavy atom. The summed E-state index contributed by atoms with van der Waals surface area (Å²) in [6.45, 7) is 2.59. The average Bonchev–Trinajstić information content (AvgIpc) is 3.19. The van der Waals surface area contributed by atoms with Crippen LogP contribution in [0.25, 0.3) is 0 Å². The fraction of sp³-hybridized carbons (Fsp3) is 0.500. The molecule has 8 nitrogen and oxygen atoms in total. The lowest BCUT2D eigenvalue weighted by Gasteiger charge is -2.21. The third kappa shape index (κ3) is 3.65. The number of aromatic nitrogens is 3. The van der Waals surface area contributed by atoms with Crippen molar-refractivity contribution in [3.63, 3.8) is 0 Å². The normalized spacial score (nSPS) is 19.7. The first kappa shape index (κ1) is 16.8. The van der Waals surface area contributed by atoms with Crippen LogP contribution in [0.3, 0.4) is 0 Å². The zero-order chi connectivity index (χ0) is 17.9. The van der Waals surface area contributed by atoms with E-state index in [1.54, 1.807) is 18.3 Å². The minimum atomic E-state index is -0.122. The van der Waals surface area contributed by atoms with Gasteiger partial charge in [0.1, 0.15) is 6.10 Å². The summed E-state index contributed by atoms with van der Waals surface area (Å²) >= 11 is 0. The molecule has 1 saturated heterocycles. The Labute approximate surface area is 152 Å². The van der Waals surface area contributed by atoms with Crippen molar-refractivity contribution in [3.05, 3.63) is 35.8 Å². The Morgan fingerprint density at radius 3 is 3.23 bits per heavy atom. The van der Waals surface area contributed by atoms with Crippen LogP contribution in [-0.2, 0) is 24.8 Å². The van der Waals surface area contributed by atoms with Crippen molar-refractivity contribution in [3.8, 4) is 5.88 Å². The van der Waals surface area contributed by atoms with E-state index in [0.29, 0.717) is 37.9 Å². The molecule has 2 aromatic rings. The quantitative estimate of drug-likeness (QED) is 0.908. The van der Waals surface area contributed by atoms with Gasteiger partial charge in [-0.05, 0) is 18.9 Å². The highest BCUT2D eigenvalue weighted by Gasteiger charge is 2.22. The number of fused-ring (bicyclic) bond motifs is 1. The van der Waals surface area contributed by atoms with Crippen molar-refractivity contribution in [2.24, 2.45) is 7.05 Å². The van der Waals surface area contributed by atoms with E-state index in [1.807, 2.05) is 22.8 Å². The van der Waals surface area contributed by atoms with Crippen molar-refractivity contribution >= 4 is 11.7 Å². The van der Waals surface area contributed by atoms with Gasteiger partial charge in [-0.3, -0.25) is 4.68 Å². The first-order chi connectivity index (χ1) is 12.7. The highest BCUT2D eigenvalue weighted by Crippen LogP contribution is 2.21. The molecular weight excluding hydrogens is 334 g/mol. The monoisotopic (exact) mass is 357 g/mol. The molecule has 26 heavy (non-hydrogen) atoms. The lowest BCUT2D eigenvalue weighted by molar-refractivity contribution is 0.138. The number of rotatable bonds is 3. The maximum absolute atomic E-state index is 12.7. The lowest BCUT2D eigenvalue weighted by atomic mass is 10.2. The molecule has 1 unspecified atom stereocenters. The highest BCUT2D eigenvalue weighted by atomic mass is 16.5. The zero-order valence-electron chi connectivity index (χ0n) is 14.9. The fourth-order valence-electron chi connectivity index (χ4n) is 3.39. The minimum Gasteiger partial charge on any atom is -0.472 e. The largest absolute Gasteiger partial charge is 0.472 e. The molecule has 2 aromatic heterocycles. The average molecular weight is 357 g/mol. The van der Waals surface area contributed by atoms with E-state index in [9.17, 15) is 4.79 Å². The van der Waals surface area contributed by atoms with Crippen LogP contribution < -0.4 is 10.1 Å². The Morgan fingerprint density at radius 2 is 2.38 bits per heavy atom. The Hall–Kier alpha value is -2.61. The highest BCUT2D eigenvalue weighted by molar-refractivity contribution is 5.89. The van der Waals surface area contributed by atoms with Gasteiger partial charge in [0.25, 0.3) is 0 Å². The van der Waals surface area contributed by atoms with Crippen molar-refractivity contribution in [2.45, 2.75) is 31.9 Å². The smallest absolute Gasteiger partial charge is 0.322 e. The van der Waals surface area contributed by atoms with Gasteiger partial charge in [0.15, 0.2) is 0 Å². The molecular formula is C18H23N5O3. The molecule has 4 rings (SSSR count). The number of urea groups is 1. The standard InChI is InChI=1S/C18H23N5O3/c1-22-16-3-2-7-23(11-13(16)10-20-22)18(24)21-14-4-6-19-17(9-14)26-15-5-8-25-12-15/h4,6,9-10,15H,2-3,5,7-8,11-12H2,1H3,(H,19,21,24). The number of pyridine rings is 1. The number of carbonyl (C=O) groups excluding carboxylic acids is 1. The van der Waals surface area contributed by atoms with Crippen molar-refractivity contribution in [1.29, 1.82) is 0 Å². The Balaban J connectivity index is 1.41. The van der Waals surface area contributed by atoms with E-state index < -0.39 is 0 Å². The first-order valence-electron chi connectivity index (χ1n) is 8.95. The van der Waals surface area contributed by atoms with Gasteiger partial charge in [0, 0.05) is 49.2 Å². The molecule has 0 aliphatic carbocycles. The summed E-state index contributed by atoms with van der Waals surface area (Å²) in [7, 11) is 1.95. The summed E-state index contributed by atoms with van der Waals surface area (Å²) in [6, 6.07) is 3.40. The van der Waals surface area contributed by atoms with E-state index in [2.05, 4.69) is 15.4 Å². The zero-order valence-corrected chi connectivity index (χ0v) is 14.9. The number of anilines is 1. The molecule has 0 spiro atoms. The summed E-state index contributed by atoms with van der Waals surface area (Å²) in [5.41, 5.74) is 2.99. The molecule has 0 radical (unpaired) electrons. The van der Waals surface area contributed by atoms with E-state index in [-0.39, 0.29) is 12.1 Å². The number of carbonyl (C=O) groups is 1. The number of nitrogens with one attached hydrogen (secondary N) is 1. The summed E-state index contributed by atoms with van der Waals surface area (Å²) in [6.07, 6.45) is 6.24. The van der Waals surface area contributed by atoms with Crippen LogP contribution >= 0.6 is 0 Å². The number of hydrogen-bond acceptors (Lipinski definition) is 5. The lowest BCUT2D eigenvalue weighted by Crippen LogP contribution is -2.34. The van der Waals surface area contributed by atoms with Gasteiger partial charge in [-0.15, -0.1) is 0 Å². The van der Waals surface area contributed by atoms with E-state index in [0.717, 1.165) is 24.8 Å². The number of amides is 2. The van der Waals surface area contributed by atoms with Gasteiger partial charge in [-0.1, -0.05) is 0 Å². The van der Waals surface area contributed by atoms with Crippen LogP contribution in [0.1, 0.15) is 24.1 Å². The number of ether oxygens (including phenoxy) is 2. The van der Waals surface area contributed by atoms with Gasteiger partial charge in [-0.2, -0.15) is 5.10 Å². The Bertz CT molecular complexity index is 785. The predicted molar refractivity (Wildman–Crippen MR) is 95.0 cm³/mol. The van der Waals surface area contributed by atoms with Crippen LogP contribution in [0.2, 0.25) is 0 Å². The van der Waals surface area contributed by atoms with Gasteiger partial charge in [0.2, 0.25) is 5.88 Å². The Kier molecular flexibility index (Phi) is 4.75. The molecule has 2 amide bonds. The third-order valence-corrected chi connectivity index (χ3v) is 4.80. The van der Waals surface area contributed by atoms with Crippen LogP contribution in [0.15, 0.2) is 24.5 Å². The maximum Gasteiger partial charge on any atom is 0.322 e. The number of hydrogen-bond donors (Lipinski definition) is 1. The predicted octanol–water partition coefficient (Wildman–Crippen LogP) is 1.96. The molecule has 2 aliphatic heterocycles. The van der Waals surface area contributed by atoms with Crippen molar-refractivity contribution in [1.82, 2.24) is 19.7 Å². The molecule has 2 aliphatic rings. The van der Waals surface area contributed by atoms with Crippen LogP contribution in [0.4, 0.5) is 10.5 Å². The van der Waals surface area contributed by atoms with Gasteiger partial charge < -0.3 is 19.7 Å². The molecule has 0 aromatic carbocycles. The van der Waals surface area contributed by atoms with Crippen LogP contribution in [-0.4, -0.2) is 51.6 Å². The topological polar surface area (TPSA) is 81.5 Å². The van der Waals surface area contributed by atoms with Gasteiger partial charge >= 0.3 is 6.03 Å². The molecule has 4 heterocycles. The second-order valence-corrected chi connectivity index (χ2v) is 6.68. The number of aryl methyl sites for hydroxylation is 1. The molecule has 1 fully saturated rings. The molecule has 1 atom stereocenters. The second-order valence-electron chi connectivity index (χ2n) is 6.68. The second kappa shape index (κ2) is 7.33. The molecule has 0 bridgehead atoms. The molecule has 138 valence electrons. The first-order valence-corrected chi connectivity index (χ1v) is 8.95. The third-order valence-electron chi connectivity index (χ3n) is 4.80. The maximum atomic E-state index is 12.7. The van der Waals surface area contributed by atoms with E-state index in [1.165, 1.54) is 5.69 Å². The van der Waals surface area contributed by atoms with E-state index in [4.69, 9.17) is 9.47 Å². The molecule has 8 heteroatoms. The summed E-state index contributed by atoms with van der Waals surface area (Å²) < 4.78 is 13.0. The van der Waals surface area contributed by atoms with Crippen molar-refractivity contribution < 1.29 is 14.3 Å². The van der Waals surface area contributed by atoms with E-state index >= 15 is 0 Å². The molecule has 0 saturated carbocycles. The van der Waals surface area contributed by atoms with Gasteiger partial charge in [-0.25, -0.2) is 9.78 Å². The summed E-state index contributed by atoms with van der Waals surface area (Å²) in [4.78, 5) is 18.7. The van der Waals surface area contributed by atoms with Gasteiger partial charge in [0.05, 0.1) is 26.0 Å². The minimum absolute atomic E-state index is 0.0306. The fourth-order valence-corrected chi connectivity index (χ4v) is 3.39. The van der Waals surface area contributed by atoms with Crippen LogP contribution in [0, 0.1) is 0 Å². The summed E-state index contributed by atoms with van der Waals surface area (Å²) in [5.74, 6) is 0.503. The SMILES string of the molecule is Cn1ncc2c1CCCN(C(=O)Nc1ccnc(OC3CCOC3)c1)C2. The van der Waals surface area contributed by atoms with Crippen molar-refractivity contribution in [2.75, 3.05) is 25.1 Å². The molecule has 1 N–H and O–H groups in total. The van der Waals surface area contributed by atoms with Crippen LogP contribution in [0.5, 0.6) is 5.88 Å².